The van der Waals surface area contributed by atoms with Gasteiger partial charge in [-0.05, 0) is 25.1 Å². The first-order valence-corrected chi connectivity index (χ1v) is 9.67. The second-order valence-corrected chi connectivity index (χ2v) is 6.45. The molecule has 0 unspecified atom stereocenters. The summed E-state index contributed by atoms with van der Waals surface area (Å²) in [5.74, 6) is 2.48. The van der Waals surface area contributed by atoms with E-state index in [9.17, 15) is 0 Å². The number of methoxy groups -OCH3 is 1. The van der Waals surface area contributed by atoms with E-state index in [0.29, 0.717) is 19.0 Å². The number of nitrogens with one attached hydrogen (secondary N) is 1. The highest BCUT2D eigenvalue weighted by Gasteiger charge is 2.21. The number of ether oxygens (including phenoxy) is 2. The van der Waals surface area contributed by atoms with Gasteiger partial charge >= 0.3 is 0 Å². The molecule has 7 nitrogen and oxygen atoms in total. The number of pyridine rings is 1. The Morgan fingerprint density at radius 2 is 1.90 bits per heavy atom. The molecule has 8 heteroatoms. The van der Waals surface area contributed by atoms with Crippen LogP contribution in [-0.4, -0.2) is 62.8 Å². The van der Waals surface area contributed by atoms with Gasteiger partial charge in [0.25, 0.3) is 0 Å². The van der Waals surface area contributed by atoms with E-state index in [-0.39, 0.29) is 24.0 Å². The predicted molar refractivity (Wildman–Crippen MR) is 128 cm³/mol. The molecule has 1 aromatic carbocycles. The van der Waals surface area contributed by atoms with E-state index in [2.05, 4.69) is 37.2 Å². The zero-order valence-electron chi connectivity index (χ0n) is 17.3. The summed E-state index contributed by atoms with van der Waals surface area (Å²) in [4.78, 5) is 13.4. The fraction of sp³-hybridized carbons (Fsp3) is 0.429. The molecule has 1 fully saturated rings. The Labute approximate surface area is 190 Å². The van der Waals surface area contributed by atoms with Crippen LogP contribution >= 0.6 is 24.0 Å². The third-order valence-corrected chi connectivity index (χ3v) is 4.78. The number of anilines is 1. The van der Waals surface area contributed by atoms with E-state index < -0.39 is 0 Å². The summed E-state index contributed by atoms with van der Waals surface area (Å²) in [6.45, 7) is 6.81. The molecule has 0 saturated carbocycles. The predicted octanol–water partition coefficient (Wildman–Crippen LogP) is 3.00. The van der Waals surface area contributed by atoms with Gasteiger partial charge < -0.3 is 24.6 Å². The molecule has 0 atom stereocenters. The Bertz CT molecular complexity index is 794. The molecular weight excluding hydrogens is 481 g/mol. The smallest absolute Gasteiger partial charge is 0.218 e. The number of para-hydroxylation sites is 2. The first kappa shape index (κ1) is 23.1. The minimum absolute atomic E-state index is 0. The SMILES string of the molecule is CCOc1ncccc1CNC(=NC)N1CCN(c2ccccc2OC)CC1.I. The standard InChI is InChI=1S/C21H29N5O2.HI/c1-4-28-20-17(8-7-11-23-20)16-24-21(22-2)26-14-12-25(13-15-26)18-9-5-6-10-19(18)27-3;/h5-11H,4,12-16H2,1-3H3,(H,22,24);1H. The van der Waals surface area contributed by atoms with Gasteiger partial charge in [0, 0.05) is 51.5 Å². The van der Waals surface area contributed by atoms with Crippen molar-refractivity contribution in [2.24, 2.45) is 4.99 Å². The van der Waals surface area contributed by atoms with Crippen molar-refractivity contribution < 1.29 is 9.47 Å². The normalized spacial score (nSPS) is 14.2. The molecule has 1 saturated heterocycles. The molecule has 0 amide bonds. The lowest BCUT2D eigenvalue weighted by Crippen LogP contribution is -2.52. The molecule has 158 valence electrons. The summed E-state index contributed by atoms with van der Waals surface area (Å²) in [6.07, 6.45) is 1.75. The van der Waals surface area contributed by atoms with Crippen molar-refractivity contribution >= 4 is 35.6 Å². The van der Waals surface area contributed by atoms with Crippen LogP contribution in [0.5, 0.6) is 11.6 Å². The molecular formula is C21H30IN5O2. The largest absolute Gasteiger partial charge is 0.495 e. The maximum Gasteiger partial charge on any atom is 0.218 e. The molecule has 2 heterocycles. The maximum atomic E-state index is 5.61. The topological polar surface area (TPSA) is 62.2 Å². The van der Waals surface area contributed by atoms with Gasteiger partial charge in [-0.15, -0.1) is 24.0 Å². The zero-order valence-corrected chi connectivity index (χ0v) is 19.6. The molecule has 29 heavy (non-hydrogen) atoms. The van der Waals surface area contributed by atoms with Crippen LogP contribution in [0.2, 0.25) is 0 Å². The average Bonchev–Trinajstić information content (AvgIpc) is 2.76. The molecule has 2 aromatic rings. The lowest BCUT2D eigenvalue weighted by molar-refractivity contribution is 0.322. The van der Waals surface area contributed by atoms with Crippen molar-refractivity contribution in [2.45, 2.75) is 13.5 Å². The number of rotatable bonds is 6. The number of benzene rings is 1. The van der Waals surface area contributed by atoms with Gasteiger partial charge in [0.1, 0.15) is 5.75 Å². The number of piperazine rings is 1. The van der Waals surface area contributed by atoms with Crippen molar-refractivity contribution in [1.82, 2.24) is 15.2 Å². The van der Waals surface area contributed by atoms with E-state index >= 15 is 0 Å². The summed E-state index contributed by atoms with van der Waals surface area (Å²) < 4.78 is 11.1. The lowest BCUT2D eigenvalue weighted by atomic mass is 10.2. The van der Waals surface area contributed by atoms with Crippen LogP contribution in [0.1, 0.15) is 12.5 Å². The molecule has 1 aliphatic rings. The highest BCUT2D eigenvalue weighted by Crippen LogP contribution is 2.28. The fourth-order valence-electron chi connectivity index (χ4n) is 3.38. The number of hydrogen-bond acceptors (Lipinski definition) is 5. The third kappa shape index (κ3) is 5.88. The molecule has 0 bridgehead atoms. The highest BCUT2D eigenvalue weighted by atomic mass is 127. The van der Waals surface area contributed by atoms with E-state index in [0.717, 1.165) is 49.1 Å². The third-order valence-electron chi connectivity index (χ3n) is 4.78. The van der Waals surface area contributed by atoms with E-state index in [4.69, 9.17) is 9.47 Å². The number of guanidine groups is 1. The van der Waals surface area contributed by atoms with E-state index in [1.807, 2.05) is 38.2 Å². The van der Waals surface area contributed by atoms with E-state index in [1.165, 1.54) is 0 Å². The van der Waals surface area contributed by atoms with Crippen molar-refractivity contribution in [3.8, 4) is 11.6 Å². The van der Waals surface area contributed by atoms with Crippen LogP contribution in [0, 0.1) is 0 Å². The van der Waals surface area contributed by atoms with Crippen LogP contribution < -0.4 is 19.7 Å². The number of nitrogens with zero attached hydrogens (tertiary/aromatic N) is 4. The van der Waals surface area contributed by atoms with Gasteiger partial charge in [0.2, 0.25) is 5.88 Å². The van der Waals surface area contributed by atoms with Gasteiger partial charge in [-0.3, -0.25) is 4.99 Å². The number of aliphatic imine (C=N–C) groups is 1. The number of hydrogen-bond donors (Lipinski definition) is 1. The molecule has 1 N–H and O–H groups in total. The van der Waals surface area contributed by atoms with Gasteiger partial charge in [-0.2, -0.15) is 0 Å². The Morgan fingerprint density at radius 1 is 1.14 bits per heavy atom. The van der Waals surface area contributed by atoms with Crippen LogP contribution in [0.15, 0.2) is 47.6 Å². The fourth-order valence-corrected chi connectivity index (χ4v) is 3.38. The van der Waals surface area contributed by atoms with Gasteiger partial charge in [0.15, 0.2) is 5.96 Å². The molecule has 1 aliphatic heterocycles. The van der Waals surface area contributed by atoms with Crippen molar-refractivity contribution in [3.05, 3.63) is 48.2 Å². The quantitative estimate of drug-likeness (QED) is 0.366. The minimum Gasteiger partial charge on any atom is -0.495 e. The van der Waals surface area contributed by atoms with Crippen molar-refractivity contribution in [2.75, 3.05) is 51.8 Å². The molecule has 3 rings (SSSR count). The minimum atomic E-state index is 0. The van der Waals surface area contributed by atoms with Crippen LogP contribution in [-0.2, 0) is 6.54 Å². The van der Waals surface area contributed by atoms with Crippen LogP contribution in [0.25, 0.3) is 0 Å². The maximum absolute atomic E-state index is 5.61. The summed E-state index contributed by atoms with van der Waals surface area (Å²) in [5.41, 5.74) is 2.17. The monoisotopic (exact) mass is 511 g/mol. The Morgan fingerprint density at radius 3 is 2.59 bits per heavy atom. The molecule has 0 radical (unpaired) electrons. The lowest BCUT2D eigenvalue weighted by Gasteiger charge is -2.38. The Balaban J connectivity index is 0.00000300. The molecule has 0 aliphatic carbocycles. The first-order valence-electron chi connectivity index (χ1n) is 9.67. The van der Waals surface area contributed by atoms with Gasteiger partial charge in [-0.1, -0.05) is 18.2 Å². The summed E-state index contributed by atoms with van der Waals surface area (Å²) in [6, 6.07) is 12.1. The van der Waals surface area contributed by atoms with Crippen molar-refractivity contribution in [1.29, 1.82) is 0 Å². The van der Waals surface area contributed by atoms with Crippen molar-refractivity contribution in [3.63, 3.8) is 0 Å². The summed E-state index contributed by atoms with van der Waals surface area (Å²) in [5, 5.41) is 3.44. The second kappa shape index (κ2) is 11.7. The number of aromatic nitrogens is 1. The summed E-state index contributed by atoms with van der Waals surface area (Å²) in [7, 11) is 3.54. The highest BCUT2D eigenvalue weighted by molar-refractivity contribution is 14.0. The molecule has 1 aromatic heterocycles. The first-order chi connectivity index (χ1) is 13.8. The zero-order chi connectivity index (χ0) is 19.8. The van der Waals surface area contributed by atoms with Gasteiger partial charge in [-0.25, -0.2) is 4.98 Å². The van der Waals surface area contributed by atoms with Gasteiger partial charge in [0.05, 0.1) is 19.4 Å². The summed E-state index contributed by atoms with van der Waals surface area (Å²) >= 11 is 0. The molecule has 0 spiro atoms. The Kier molecular flexibility index (Phi) is 9.30. The second-order valence-electron chi connectivity index (χ2n) is 6.45. The average molecular weight is 511 g/mol. The van der Waals surface area contributed by atoms with Crippen LogP contribution in [0.3, 0.4) is 0 Å². The number of halogens is 1. The Hall–Kier alpha value is -2.23. The van der Waals surface area contributed by atoms with E-state index in [1.54, 1.807) is 13.3 Å². The van der Waals surface area contributed by atoms with Crippen LogP contribution in [0.4, 0.5) is 5.69 Å².